The second-order valence-electron chi connectivity index (χ2n) is 7.07. The lowest BCUT2D eigenvalue weighted by Crippen LogP contribution is -2.33. The number of hydrogen-bond donors (Lipinski definition) is 1. The molecule has 4 rings (SSSR count). The number of fused-ring (bicyclic) bond motifs is 1. The molecule has 0 bridgehead atoms. The molecule has 1 unspecified atom stereocenters. The van der Waals surface area contributed by atoms with E-state index in [9.17, 15) is 4.79 Å². The molecule has 3 aromatic carbocycles. The minimum Gasteiger partial charge on any atom is -0.345 e. The standard InChI is InChI=1S/C23H22N2O/c1-23(20-10-6-7-11-21(20)24-22(23)26)16-17-12-14-19(15-13-17)25(2)18-8-4-3-5-9-18/h3-15H,16H2,1-2H3,(H,24,26). The Morgan fingerprint density at radius 1 is 0.846 bits per heavy atom. The number of benzene rings is 3. The van der Waals surface area contributed by atoms with E-state index >= 15 is 0 Å². The molecule has 0 aliphatic carbocycles. The summed E-state index contributed by atoms with van der Waals surface area (Å²) in [5.41, 5.74) is 4.92. The predicted octanol–water partition coefficient (Wildman–Crippen LogP) is 4.91. The summed E-state index contributed by atoms with van der Waals surface area (Å²) in [6, 6.07) is 26.7. The molecule has 0 fully saturated rings. The van der Waals surface area contributed by atoms with Crippen LogP contribution in [0.1, 0.15) is 18.1 Å². The molecule has 0 aromatic heterocycles. The van der Waals surface area contributed by atoms with E-state index in [0.29, 0.717) is 6.42 Å². The number of rotatable bonds is 4. The minimum absolute atomic E-state index is 0.0733. The maximum absolute atomic E-state index is 12.6. The first kappa shape index (κ1) is 16.4. The molecule has 0 spiro atoms. The van der Waals surface area contributed by atoms with Crippen molar-refractivity contribution in [2.75, 3.05) is 17.3 Å². The van der Waals surface area contributed by atoms with E-state index in [4.69, 9.17) is 0 Å². The normalized spacial score (nSPS) is 18.3. The number of carbonyl (C=O) groups excluding carboxylic acids is 1. The zero-order valence-electron chi connectivity index (χ0n) is 15.1. The van der Waals surface area contributed by atoms with Crippen molar-refractivity contribution < 1.29 is 4.79 Å². The van der Waals surface area contributed by atoms with Gasteiger partial charge in [0.15, 0.2) is 0 Å². The van der Waals surface area contributed by atoms with Gasteiger partial charge < -0.3 is 10.2 Å². The third kappa shape index (κ3) is 2.76. The lowest BCUT2D eigenvalue weighted by molar-refractivity contribution is -0.120. The molecule has 0 saturated heterocycles. The van der Waals surface area contributed by atoms with Crippen LogP contribution in [0.15, 0.2) is 78.9 Å². The Morgan fingerprint density at radius 2 is 1.46 bits per heavy atom. The highest BCUT2D eigenvalue weighted by atomic mass is 16.2. The van der Waals surface area contributed by atoms with Crippen LogP contribution in [0.3, 0.4) is 0 Å². The molecule has 3 aromatic rings. The van der Waals surface area contributed by atoms with E-state index in [1.807, 2.05) is 49.4 Å². The first-order valence-electron chi connectivity index (χ1n) is 8.87. The Labute approximate surface area is 154 Å². The van der Waals surface area contributed by atoms with E-state index in [1.165, 1.54) is 0 Å². The molecule has 0 radical (unpaired) electrons. The van der Waals surface area contributed by atoms with Crippen molar-refractivity contribution in [1.29, 1.82) is 0 Å². The van der Waals surface area contributed by atoms with Crippen LogP contribution in [0, 0.1) is 0 Å². The fraction of sp³-hybridized carbons (Fsp3) is 0.174. The summed E-state index contributed by atoms with van der Waals surface area (Å²) in [7, 11) is 2.06. The topological polar surface area (TPSA) is 32.3 Å². The first-order valence-corrected chi connectivity index (χ1v) is 8.87. The van der Waals surface area contributed by atoms with Crippen LogP contribution in [0.25, 0.3) is 0 Å². The van der Waals surface area contributed by atoms with E-state index in [2.05, 4.69) is 53.7 Å². The van der Waals surface area contributed by atoms with Crippen LogP contribution in [-0.4, -0.2) is 13.0 Å². The summed E-state index contributed by atoms with van der Waals surface area (Å²) in [6.45, 7) is 2.03. The van der Waals surface area contributed by atoms with Gasteiger partial charge in [-0.15, -0.1) is 0 Å². The lowest BCUT2D eigenvalue weighted by atomic mass is 9.78. The van der Waals surface area contributed by atoms with Gasteiger partial charge >= 0.3 is 0 Å². The average molecular weight is 342 g/mol. The second-order valence-corrected chi connectivity index (χ2v) is 7.07. The number of para-hydroxylation sites is 2. The van der Waals surface area contributed by atoms with Crippen molar-refractivity contribution in [2.45, 2.75) is 18.8 Å². The summed E-state index contributed by atoms with van der Waals surface area (Å²) in [5.74, 6) is 0.0733. The Balaban J connectivity index is 1.58. The molecule has 1 heterocycles. The maximum atomic E-state index is 12.6. The van der Waals surface area contributed by atoms with Gasteiger partial charge in [0, 0.05) is 24.1 Å². The number of carbonyl (C=O) groups is 1. The van der Waals surface area contributed by atoms with Gasteiger partial charge in [0.25, 0.3) is 0 Å². The number of hydrogen-bond acceptors (Lipinski definition) is 2. The average Bonchev–Trinajstić information content (AvgIpc) is 2.93. The molecule has 26 heavy (non-hydrogen) atoms. The summed E-state index contributed by atoms with van der Waals surface area (Å²) in [5, 5.41) is 3.01. The Morgan fingerprint density at radius 3 is 2.19 bits per heavy atom. The molecule has 3 nitrogen and oxygen atoms in total. The largest absolute Gasteiger partial charge is 0.345 e. The number of nitrogens with zero attached hydrogens (tertiary/aromatic N) is 1. The van der Waals surface area contributed by atoms with Crippen LogP contribution in [0.5, 0.6) is 0 Å². The van der Waals surface area contributed by atoms with Crippen LogP contribution in [-0.2, 0) is 16.6 Å². The zero-order chi connectivity index (χ0) is 18.1. The fourth-order valence-corrected chi connectivity index (χ4v) is 3.68. The van der Waals surface area contributed by atoms with Crippen LogP contribution >= 0.6 is 0 Å². The van der Waals surface area contributed by atoms with Gasteiger partial charge in [-0.1, -0.05) is 48.5 Å². The van der Waals surface area contributed by atoms with Crippen LogP contribution < -0.4 is 10.2 Å². The van der Waals surface area contributed by atoms with Crippen LogP contribution in [0.2, 0.25) is 0 Å². The molecular weight excluding hydrogens is 320 g/mol. The molecule has 1 amide bonds. The summed E-state index contributed by atoms with van der Waals surface area (Å²) < 4.78 is 0. The summed E-state index contributed by atoms with van der Waals surface area (Å²) >= 11 is 0. The second kappa shape index (κ2) is 6.34. The lowest BCUT2D eigenvalue weighted by Gasteiger charge is -2.23. The van der Waals surface area contributed by atoms with Crippen LogP contribution in [0.4, 0.5) is 17.1 Å². The molecular formula is C23H22N2O. The molecule has 3 heteroatoms. The first-order chi connectivity index (χ1) is 12.6. The highest BCUT2D eigenvalue weighted by Gasteiger charge is 2.42. The molecule has 1 aliphatic heterocycles. The molecule has 130 valence electrons. The van der Waals surface area contributed by atoms with Gasteiger partial charge in [-0.25, -0.2) is 0 Å². The van der Waals surface area contributed by atoms with Gasteiger partial charge in [-0.05, 0) is 54.8 Å². The van der Waals surface area contributed by atoms with E-state index in [-0.39, 0.29) is 5.91 Å². The molecule has 0 saturated carbocycles. The maximum Gasteiger partial charge on any atom is 0.235 e. The van der Waals surface area contributed by atoms with Crippen molar-refractivity contribution in [3.63, 3.8) is 0 Å². The Kier molecular flexibility index (Phi) is 4.00. The van der Waals surface area contributed by atoms with Gasteiger partial charge in [0.1, 0.15) is 0 Å². The van der Waals surface area contributed by atoms with Crippen molar-refractivity contribution in [3.05, 3.63) is 90.0 Å². The smallest absolute Gasteiger partial charge is 0.235 e. The van der Waals surface area contributed by atoms with Crippen molar-refractivity contribution in [2.24, 2.45) is 0 Å². The third-order valence-electron chi connectivity index (χ3n) is 5.30. The number of anilines is 3. The minimum atomic E-state index is -0.524. The van der Waals surface area contributed by atoms with Gasteiger partial charge in [0.2, 0.25) is 5.91 Å². The number of nitrogens with one attached hydrogen (secondary N) is 1. The summed E-state index contributed by atoms with van der Waals surface area (Å²) in [4.78, 5) is 14.8. The quantitative estimate of drug-likeness (QED) is 0.731. The van der Waals surface area contributed by atoms with E-state index < -0.39 is 5.41 Å². The molecule has 1 aliphatic rings. The van der Waals surface area contributed by atoms with Gasteiger partial charge in [-0.3, -0.25) is 4.79 Å². The van der Waals surface area contributed by atoms with Crippen molar-refractivity contribution >= 4 is 23.0 Å². The van der Waals surface area contributed by atoms with Gasteiger partial charge in [0.05, 0.1) is 5.41 Å². The molecule has 1 N–H and O–H groups in total. The molecule has 1 atom stereocenters. The number of amides is 1. The monoisotopic (exact) mass is 342 g/mol. The highest BCUT2D eigenvalue weighted by Crippen LogP contribution is 2.40. The van der Waals surface area contributed by atoms with E-state index in [0.717, 1.165) is 28.2 Å². The SMILES string of the molecule is CN(c1ccccc1)c1ccc(CC2(C)C(=O)Nc3ccccc32)cc1. The Bertz CT molecular complexity index is 934. The van der Waals surface area contributed by atoms with E-state index in [1.54, 1.807) is 0 Å². The Hall–Kier alpha value is -3.07. The fourth-order valence-electron chi connectivity index (χ4n) is 3.68. The van der Waals surface area contributed by atoms with Crippen molar-refractivity contribution in [1.82, 2.24) is 0 Å². The van der Waals surface area contributed by atoms with Gasteiger partial charge in [-0.2, -0.15) is 0 Å². The predicted molar refractivity (Wildman–Crippen MR) is 107 cm³/mol. The highest BCUT2D eigenvalue weighted by molar-refractivity contribution is 6.06. The summed E-state index contributed by atoms with van der Waals surface area (Å²) in [6.07, 6.45) is 0.686. The zero-order valence-corrected chi connectivity index (χ0v) is 15.1. The van der Waals surface area contributed by atoms with Crippen molar-refractivity contribution in [3.8, 4) is 0 Å². The third-order valence-corrected chi connectivity index (χ3v) is 5.30.